The summed E-state index contributed by atoms with van der Waals surface area (Å²) < 4.78 is 5.81. The lowest BCUT2D eigenvalue weighted by Crippen LogP contribution is -2.54. The fourth-order valence-corrected chi connectivity index (χ4v) is 3.90. The number of ether oxygens (including phenoxy) is 1. The van der Waals surface area contributed by atoms with Crippen molar-refractivity contribution in [1.82, 2.24) is 9.80 Å². The van der Waals surface area contributed by atoms with Crippen LogP contribution >= 0.6 is 0 Å². The SMILES string of the molecule is CCN1CCCC2(CC1)CN=C(N)N2CC1CCCO1. The van der Waals surface area contributed by atoms with E-state index >= 15 is 0 Å². The predicted octanol–water partition coefficient (Wildman–Crippen LogP) is 1.04. The minimum absolute atomic E-state index is 0.167. The summed E-state index contributed by atoms with van der Waals surface area (Å²) in [6, 6.07) is 0. The van der Waals surface area contributed by atoms with Crippen LogP contribution in [0.25, 0.3) is 0 Å². The molecule has 3 rings (SSSR count). The molecule has 2 fully saturated rings. The molecule has 1 spiro atoms. The molecule has 0 aromatic heterocycles. The van der Waals surface area contributed by atoms with Crippen molar-refractivity contribution in [2.75, 3.05) is 39.3 Å². The second kappa shape index (κ2) is 5.90. The average molecular weight is 280 g/mol. The topological polar surface area (TPSA) is 54.1 Å². The minimum Gasteiger partial charge on any atom is -0.376 e. The summed E-state index contributed by atoms with van der Waals surface area (Å²) in [6.45, 7) is 8.50. The maximum atomic E-state index is 6.19. The average Bonchev–Trinajstić information content (AvgIpc) is 3.00. The molecule has 20 heavy (non-hydrogen) atoms. The van der Waals surface area contributed by atoms with Crippen LogP contribution in [0, 0.1) is 0 Å². The maximum Gasteiger partial charge on any atom is 0.191 e. The van der Waals surface area contributed by atoms with Crippen molar-refractivity contribution in [3.63, 3.8) is 0 Å². The van der Waals surface area contributed by atoms with Crippen molar-refractivity contribution in [2.24, 2.45) is 10.7 Å². The van der Waals surface area contributed by atoms with Crippen molar-refractivity contribution < 1.29 is 4.74 Å². The fourth-order valence-electron chi connectivity index (χ4n) is 3.90. The Morgan fingerprint density at radius 3 is 3.00 bits per heavy atom. The molecule has 0 aromatic rings. The van der Waals surface area contributed by atoms with Gasteiger partial charge in [0.05, 0.1) is 18.2 Å². The molecule has 3 heterocycles. The van der Waals surface area contributed by atoms with E-state index in [-0.39, 0.29) is 5.54 Å². The van der Waals surface area contributed by atoms with Gasteiger partial charge in [-0.05, 0) is 45.2 Å². The van der Waals surface area contributed by atoms with Gasteiger partial charge in [0.1, 0.15) is 0 Å². The summed E-state index contributed by atoms with van der Waals surface area (Å²) in [4.78, 5) is 9.50. The lowest BCUT2D eigenvalue weighted by atomic mass is 9.89. The molecule has 0 aliphatic carbocycles. The molecular weight excluding hydrogens is 252 g/mol. The van der Waals surface area contributed by atoms with E-state index in [2.05, 4.69) is 21.7 Å². The summed E-state index contributed by atoms with van der Waals surface area (Å²) in [6.07, 6.45) is 6.34. The number of nitrogens with two attached hydrogens (primary N) is 1. The smallest absolute Gasteiger partial charge is 0.191 e. The quantitative estimate of drug-likeness (QED) is 0.839. The predicted molar refractivity (Wildman–Crippen MR) is 80.9 cm³/mol. The molecule has 3 aliphatic rings. The Morgan fingerprint density at radius 2 is 2.25 bits per heavy atom. The van der Waals surface area contributed by atoms with Gasteiger partial charge in [0.15, 0.2) is 5.96 Å². The van der Waals surface area contributed by atoms with Gasteiger partial charge in [-0.15, -0.1) is 0 Å². The number of nitrogens with zero attached hydrogens (tertiary/aromatic N) is 3. The first-order chi connectivity index (χ1) is 9.73. The van der Waals surface area contributed by atoms with E-state index < -0.39 is 0 Å². The third-order valence-corrected chi connectivity index (χ3v) is 5.25. The first-order valence-electron chi connectivity index (χ1n) is 8.15. The molecule has 0 radical (unpaired) electrons. The van der Waals surface area contributed by atoms with Crippen LogP contribution in [-0.2, 0) is 4.74 Å². The van der Waals surface area contributed by atoms with Crippen molar-refractivity contribution in [2.45, 2.75) is 50.7 Å². The Hall–Kier alpha value is -0.810. The largest absolute Gasteiger partial charge is 0.376 e. The van der Waals surface area contributed by atoms with E-state index in [0.29, 0.717) is 6.10 Å². The summed E-state index contributed by atoms with van der Waals surface area (Å²) in [5.41, 5.74) is 6.35. The third-order valence-electron chi connectivity index (χ3n) is 5.25. The zero-order chi connectivity index (χ0) is 14.0. The van der Waals surface area contributed by atoms with Crippen molar-refractivity contribution in [3.8, 4) is 0 Å². The van der Waals surface area contributed by atoms with Crippen molar-refractivity contribution in [1.29, 1.82) is 0 Å². The zero-order valence-electron chi connectivity index (χ0n) is 12.7. The van der Waals surface area contributed by atoms with Crippen LogP contribution in [0.4, 0.5) is 0 Å². The number of likely N-dealkylation sites (tertiary alicyclic amines) is 1. The molecule has 5 nitrogen and oxygen atoms in total. The van der Waals surface area contributed by atoms with Crippen LogP contribution in [0.2, 0.25) is 0 Å². The lowest BCUT2D eigenvalue weighted by Gasteiger charge is -2.40. The highest BCUT2D eigenvalue weighted by molar-refractivity contribution is 5.81. The summed E-state index contributed by atoms with van der Waals surface area (Å²) >= 11 is 0. The molecule has 114 valence electrons. The minimum atomic E-state index is 0.167. The Balaban J connectivity index is 1.70. The Kier molecular flexibility index (Phi) is 4.17. The Labute approximate surface area is 122 Å². The van der Waals surface area contributed by atoms with E-state index in [1.165, 1.54) is 45.2 Å². The highest BCUT2D eigenvalue weighted by Crippen LogP contribution is 2.34. The second-order valence-corrected chi connectivity index (χ2v) is 6.43. The summed E-state index contributed by atoms with van der Waals surface area (Å²) in [5, 5.41) is 0. The molecule has 0 saturated carbocycles. The van der Waals surface area contributed by atoms with Gasteiger partial charge in [-0.25, -0.2) is 0 Å². The normalized spacial score (nSPS) is 35.5. The Bertz CT molecular complexity index is 367. The molecule has 2 atom stereocenters. The third kappa shape index (κ3) is 2.66. The molecule has 0 amide bonds. The van der Waals surface area contributed by atoms with Crippen LogP contribution in [0.3, 0.4) is 0 Å². The van der Waals surface area contributed by atoms with Gasteiger partial charge in [-0.2, -0.15) is 0 Å². The van der Waals surface area contributed by atoms with E-state index in [4.69, 9.17) is 10.5 Å². The summed E-state index contributed by atoms with van der Waals surface area (Å²) in [5.74, 6) is 0.741. The second-order valence-electron chi connectivity index (χ2n) is 6.43. The molecule has 2 N–H and O–H groups in total. The molecular formula is C15H28N4O. The van der Waals surface area contributed by atoms with Crippen LogP contribution in [0.15, 0.2) is 4.99 Å². The van der Waals surface area contributed by atoms with E-state index in [9.17, 15) is 0 Å². The Morgan fingerprint density at radius 1 is 1.35 bits per heavy atom. The maximum absolute atomic E-state index is 6.19. The zero-order valence-corrected chi connectivity index (χ0v) is 12.7. The number of hydrogen-bond acceptors (Lipinski definition) is 5. The van der Waals surface area contributed by atoms with Crippen LogP contribution in [0.1, 0.15) is 39.0 Å². The van der Waals surface area contributed by atoms with Gasteiger partial charge in [-0.1, -0.05) is 6.92 Å². The first kappa shape index (κ1) is 14.1. The van der Waals surface area contributed by atoms with Gasteiger partial charge in [0.2, 0.25) is 0 Å². The molecule has 2 saturated heterocycles. The molecule has 0 aromatic carbocycles. The van der Waals surface area contributed by atoms with Crippen LogP contribution in [0.5, 0.6) is 0 Å². The van der Waals surface area contributed by atoms with Gasteiger partial charge in [-0.3, -0.25) is 4.99 Å². The number of hydrogen-bond donors (Lipinski definition) is 1. The first-order valence-corrected chi connectivity index (χ1v) is 8.15. The van der Waals surface area contributed by atoms with Gasteiger partial charge < -0.3 is 20.3 Å². The highest BCUT2D eigenvalue weighted by atomic mass is 16.5. The van der Waals surface area contributed by atoms with E-state index in [0.717, 1.165) is 32.2 Å². The van der Waals surface area contributed by atoms with Gasteiger partial charge in [0, 0.05) is 19.7 Å². The molecule has 2 unspecified atom stereocenters. The monoisotopic (exact) mass is 280 g/mol. The lowest BCUT2D eigenvalue weighted by molar-refractivity contribution is 0.0607. The molecule has 5 heteroatoms. The standard InChI is InChI=1S/C15H28N4O/c1-2-18-8-4-6-15(7-9-18)12-17-14(16)19(15)11-13-5-3-10-20-13/h13H,2-12H2,1H3,(H2,16,17). The summed E-state index contributed by atoms with van der Waals surface area (Å²) in [7, 11) is 0. The number of rotatable bonds is 3. The molecule has 0 bridgehead atoms. The fraction of sp³-hybridized carbons (Fsp3) is 0.933. The van der Waals surface area contributed by atoms with Gasteiger partial charge >= 0.3 is 0 Å². The molecule has 3 aliphatic heterocycles. The highest BCUT2D eigenvalue weighted by Gasteiger charge is 2.43. The number of aliphatic imine (C=N–C) groups is 1. The number of guanidine groups is 1. The van der Waals surface area contributed by atoms with E-state index in [1.54, 1.807) is 0 Å². The van der Waals surface area contributed by atoms with Crippen molar-refractivity contribution in [3.05, 3.63) is 0 Å². The van der Waals surface area contributed by atoms with Crippen LogP contribution < -0.4 is 5.73 Å². The van der Waals surface area contributed by atoms with E-state index in [1.807, 2.05) is 0 Å². The van der Waals surface area contributed by atoms with Crippen molar-refractivity contribution >= 4 is 5.96 Å². The van der Waals surface area contributed by atoms with Gasteiger partial charge in [0.25, 0.3) is 0 Å². The van der Waals surface area contributed by atoms with Crippen LogP contribution in [-0.4, -0.2) is 66.7 Å².